The van der Waals surface area contributed by atoms with Crippen LogP contribution >= 0.6 is 11.6 Å². The van der Waals surface area contributed by atoms with Crippen LogP contribution in [0.15, 0.2) is 18.2 Å². The smallest absolute Gasteiger partial charge is 0.352 e. The number of anilines is 1. The lowest BCUT2D eigenvalue weighted by Crippen LogP contribution is -2.04. The number of benzene rings is 1. The van der Waals surface area contributed by atoms with E-state index in [0.717, 1.165) is 6.07 Å². The first-order valence-electron chi connectivity index (χ1n) is 5.30. The Bertz CT molecular complexity index is 696. The van der Waals surface area contributed by atoms with Gasteiger partial charge >= 0.3 is 11.6 Å². The van der Waals surface area contributed by atoms with Gasteiger partial charge in [-0.15, -0.1) is 0 Å². The Kier molecular flexibility index (Phi) is 3.66. The van der Waals surface area contributed by atoms with Crippen LogP contribution in [0.3, 0.4) is 0 Å². The van der Waals surface area contributed by atoms with Crippen molar-refractivity contribution in [1.82, 2.24) is 9.97 Å². The molecule has 0 aliphatic carbocycles. The number of halogens is 2. The molecular weight excluding hydrogens is 291 g/mol. The van der Waals surface area contributed by atoms with Gasteiger partial charge in [-0.25, -0.2) is 9.37 Å². The molecule has 0 bridgehead atoms. The third-order valence-electron chi connectivity index (χ3n) is 2.33. The fraction of sp³-hybridized carbons (Fsp3) is 0.0909. The number of nitro groups is 1. The summed E-state index contributed by atoms with van der Waals surface area (Å²) >= 11 is 5.60. The lowest BCUT2D eigenvalue weighted by molar-refractivity contribution is -0.386. The second-order valence-corrected chi connectivity index (χ2v) is 4.16. The van der Waals surface area contributed by atoms with Crippen molar-refractivity contribution in [3.8, 4) is 11.6 Å². The summed E-state index contributed by atoms with van der Waals surface area (Å²) in [5.74, 6) is -1.04. The highest BCUT2D eigenvalue weighted by molar-refractivity contribution is 6.30. The van der Waals surface area contributed by atoms with Gasteiger partial charge in [0.25, 0.3) is 0 Å². The van der Waals surface area contributed by atoms with Crippen LogP contribution in [0.5, 0.6) is 11.6 Å². The summed E-state index contributed by atoms with van der Waals surface area (Å²) in [5, 5.41) is 10.8. The average Bonchev–Trinajstić information content (AvgIpc) is 2.32. The molecule has 2 aromatic rings. The van der Waals surface area contributed by atoms with Crippen molar-refractivity contribution < 1.29 is 14.1 Å². The number of hydrogen-bond donors (Lipinski definition) is 1. The first-order chi connectivity index (χ1) is 9.38. The Labute approximate surface area is 117 Å². The molecule has 2 rings (SSSR count). The molecule has 104 valence electrons. The molecule has 1 aromatic heterocycles. The molecule has 9 heteroatoms. The maximum Gasteiger partial charge on any atom is 0.352 e. The highest BCUT2D eigenvalue weighted by Gasteiger charge is 2.23. The van der Waals surface area contributed by atoms with Crippen LogP contribution in [0, 0.1) is 22.9 Å². The predicted molar refractivity (Wildman–Crippen MR) is 69.3 cm³/mol. The molecule has 0 aliphatic rings. The van der Waals surface area contributed by atoms with Crippen LogP contribution in [-0.4, -0.2) is 14.9 Å². The summed E-state index contributed by atoms with van der Waals surface area (Å²) in [7, 11) is 0. The number of nitrogens with two attached hydrogens (primary N) is 1. The van der Waals surface area contributed by atoms with E-state index < -0.39 is 16.4 Å². The highest BCUT2D eigenvalue weighted by Crippen LogP contribution is 2.33. The van der Waals surface area contributed by atoms with Gasteiger partial charge < -0.3 is 10.5 Å². The first kappa shape index (κ1) is 13.9. The van der Waals surface area contributed by atoms with Crippen LogP contribution in [0.1, 0.15) is 5.69 Å². The van der Waals surface area contributed by atoms with Gasteiger partial charge in [0, 0.05) is 6.07 Å². The molecule has 0 amide bonds. The van der Waals surface area contributed by atoms with Crippen molar-refractivity contribution in [3.05, 3.63) is 44.8 Å². The summed E-state index contributed by atoms with van der Waals surface area (Å²) < 4.78 is 18.3. The average molecular weight is 299 g/mol. The van der Waals surface area contributed by atoms with Gasteiger partial charge in [-0.05, 0) is 19.1 Å². The van der Waals surface area contributed by atoms with E-state index >= 15 is 0 Å². The van der Waals surface area contributed by atoms with E-state index in [1.165, 1.54) is 19.1 Å². The summed E-state index contributed by atoms with van der Waals surface area (Å²) in [6, 6.07) is 3.51. The number of rotatable bonds is 3. The molecular formula is C11H8ClFN4O3. The highest BCUT2D eigenvalue weighted by atomic mass is 35.5. The Balaban J connectivity index is 2.47. The van der Waals surface area contributed by atoms with Crippen molar-refractivity contribution in [1.29, 1.82) is 0 Å². The normalized spacial score (nSPS) is 10.3. The lowest BCUT2D eigenvalue weighted by atomic mass is 10.3. The van der Waals surface area contributed by atoms with E-state index in [4.69, 9.17) is 22.1 Å². The molecule has 0 spiro atoms. The molecule has 0 aliphatic heterocycles. The molecule has 20 heavy (non-hydrogen) atoms. The maximum atomic E-state index is 13.0. The SMILES string of the molecule is Cc1nc(N)nc(Oc2ccc(F)c(Cl)c2)c1[N+](=O)[O-]. The molecule has 0 unspecified atom stereocenters. The van der Waals surface area contributed by atoms with Gasteiger partial charge in [0.15, 0.2) is 0 Å². The first-order valence-corrected chi connectivity index (χ1v) is 5.67. The third-order valence-corrected chi connectivity index (χ3v) is 2.62. The Morgan fingerprint density at radius 3 is 2.75 bits per heavy atom. The van der Waals surface area contributed by atoms with Crippen LogP contribution in [0.4, 0.5) is 16.0 Å². The zero-order valence-corrected chi connectivity index (χ0v) is 10.9. The van der Waals surface area contributed by atoms with Crippen LogP contribution < -0.4 is 10.5 Å². The van der Waals surface area contributed by atoms with Crippen molar-refractivity contribution in [2.75, 3.05) is 5.73 Å². The second-order valence-electron chi connectivity index (χ2n) is 3.76. The zero-order valence-electron chi connectivity index (χ0n) is 10.1. The lowest BCUT2D eigenvalue weighted by Gasteiger charge is -2.07. The molecule has 2 N–H and O–H groups in total. The maximum absolute atomic E-state index is 13.0. The van der Waals surface area contributed by atoms with Crippen molar-refractivity contribution in [2.24, 2.45) is 0 Å². The van der Waals surface area contributed by atoms with Crippen molar-refractivity contribution >= 4 is 23.2 Å². The zero-order chi connectivity index (χ0) is 14.9. The molecule has 0 radical (unpaired) electrons. The molecule has 1 aromatic carbocycles. The predicted octanol–water partition coefficient (Wildman–Crippen LogP) is 2.86. The largest absolute Gasteiger partial charge is 0.433 e. The van der Waals surface area contributed by atoms with Crippen LogP contribution in [0.2, 0.25) is 5.02 Å². The molecule has 7 nitrogen and oxygen atoms in total. The minimum atomic E-state index is -0.685. The van der Waals surface area contributed by atoms with E-state index in [-0.39, 0.29) is 28.3 Å². The quantitative estimate of drug-likeness (QED) is 0.690. The summed E-state index contributed by atoms with van der Waals surface area (Å²) in [5.41, 5.74) is 5.07. The van der Waals surface area contributed by atoms with E-state index in [0.29, 0.717) is 0 Å². The van der Waals surface area contributed by atoms with Crippen molar-refractivity contribution in [2.45, 2.75) is 6.92 Å². The number of ether oxygens (including phenoxy) is 1. The monoisotopic (exact) mass is 298 g/mol. The molecule has 0 saturated carbocycles. The van der Waals surface area contributed by atoms with Crippen molar-refractivity contribution in [3.63, 3.8) is 0 Å². The summed E-state index contributed by atoms with van der Waals surface area (Å²) in [6.45, 7) is 1.40. The van der Waals surface area contributed by atoms with Gasteiger partial charge in [-0.3, -0.25) is 10.1 Å². The Hall–Kier alpha value is -2.48. The van der Waals surface area contributed by atoms with Gasteiger partial charge in [0.2, 0.25) is 5.95 Å². The fourth-order valence-corrected chi connectivity index (χ4v) is 1.67. The van der Waals surface area contributed by atoms with E-state index in [2.05, 4.69) is 9.97 Å². The summed E-state index contributed by atoms with van der Waals surface area (Å²) in [6.07, 6.45) is 0. The Morgan fingerprint density at radius 1 is 1.45 bits per heavy atom. The van der Waals surface area contributed by atoms with Gasteiger partial charge in [-0.2, -0.15) is 4.98 Å². The molecule has 1 heterocycles. The van der Waals surface area contributed by atoms with E-state index in [1.54, 1.807) is 0 Å². The van der Waals surface area contributed by atoms with Gasteiger partial charge in [-0.1, -0.05) is 11.6 Å². The number of nitrogen functional groups attached to an aromatic ring is 1. The van der Waals surface area contributed by atoms with E-state index in [9.17, 15) is 14.5 Å². The number of nitrogens with zero attached hydrogens (tertiary/aromatic N) is 3. The Morgan fingerprint density at radius 2 is 2.15 bits per heavy atom. The second kappa shape index (κ2) is 5.25. The molecule has 0 fully saturated rings. The van der Waals surface area contributed by atoms with E-state index in [1.807, 2.05) is 0 Å². The molecule has 0 saturated heterocycles. The third kappa shape index (κ3) is 2.75. The minimum Gasteiger partial charge on any atom is -0.433 e. The number of aromatic nitrogens is 2. The number of hydrogen-bond acceptors (Lipinski definition) is 6. The van der Waals surface area contributed by atoms with Crippen LogP contribution in [-0.2, 0) is 0 Å². The standard InChI is InChI=1S/C11H8ClFN4O3/c1-5-9(17(18)19)10(16-11(14)15-5)20-6-2-3-8(13)7(12)4-6/h2-4H,1H3,(H2,14,15,16). The minimum absolute atomic E-state index is 0.0608. The topological polar surface area (TPSA) is 104 Å². The molecule has 0 atom stereocenters. The van der Waals surface area contributed by atoms with Crippen LogP contribution in [0.25, 0.3) is 0 Å². The van der Waals surface area contributed by atoms with Gasteiger partial charge in [0.05, 0.1) is 9.95 Å². The van der Waals surface area contributed by atoms with Gasteiger partial charge in [0.1, 0.15) is 17.3 Å². The number of aryl methyl sites for hydroxylation is 1. The fourth-order valence-electron chi connectivity index (χ4n) is 1.49. The summed E-state index contributed by atoms with van der Waals surface area (Å²) in [4.78, 5) is 17.7.